The van der Waals surface area contributed by atoms with E-state index in [1.165, 1.54) is 0 Å². The summed E-state index contributed by atoms with van der Waals surface area (Å²) in [6.45, 7) is 3.09. The third kappa shape index (κ3) is 4.42. The standard InChI is InChI=1S/C22H17ClF2N8O/c1-2-26-22-27-9-15-7-12(5-6-17(15)28-22)18-11-33(32-29-18)10-14-4-3-13(8-16(14)23)20-30-31-21(34-20)19(24)25/h3-9,11,19H,2,10H2,1H3,(H,26,27,28). The lowest BCUT2D eigenvalue weighted by Crippen LogP contribution is -2.01. The Labute approximate surface area is 196 Å². The monoisotopic (exact) mass is 482 g/mol. The minimum atomic E-state index is -2.83. The number of nitrogens with zero attached hydrogens (tertiary/aromatic N) is 7. The molecule has 0 unspecified atom stereocenters. The lowest BCUT2D eigenvalue weighted by molar-refractivity contribution is 0.116. The number of anilines is 1. The van der Waals surface area contributed by atoms with Crippen LogP contribution in [0.15, 0.2) is 53.2 Å². The molecule has 0 aliphatic rings. The molecule has 0 saturated carbocycles. The summed E-state index contributed by atoms with van der Waals surface area (Å²) in [6.07, 6.45) is 0.748. The second kappa shape index (κ2) is 9.10. The van der Waals surface area contributed by atoms with Crippen LogP contribution in [-0.2, 0) is 6.54 Å². The minimum absolute atomic E-state index is 0.0235. The molecule has 0 aliphatic carbocycles. The fourth-order valence-corrected chi connectivity index (χ4v) is 3.61. The van der Waals surface area contributed by atoms with Crippen LogP contribution in [0.3, 0.4) is 0 Å². The van der Waals surface area contributed by atoms with Gasteiger partial charge in [0.1, 0.15) is 5.69 Å². The van der Waals surface area contributed by atoms with E-state index in [-0.39, 0.29) is 5.89 Å². The predicted octanol–water partition coefficient (Wildman–Crippen LogP) is 5.01. The average molecular weight is 483 g/mol. The molecule has 172 valence electrons. The lowest BCUT2D eigenvalue weighted by Gasteiger charge is -2.05. The van der Waals surface area contributed by atoms with Crippen LogP contribution in [0, 0.1) is 0 Å². The van der Waals surface area contributed by atoms with Crippen molar-refractivity contribution in [2.45, 2.75) is 19.9 Å². The molecule has 5 aromatic rings. The Kier molecular flexibility index (Phi) is 5.84. The van der Waals surface area contributed by atoms with Gasteiger partial charge >= 0.3 is 6.43 Å². The Hall–Kier alpha value is -3.99. The topological polar surface area (TPSA) is 107 Å². The van der Waals surface area contributed by atoms with Gasteiger partial charge in [-0.3, -0.25) is 0 Å². The highest BCUT2D eigenvalue weighted by molar-refractivity contribution is 6.31. The number of fused-ring (bicyclic) bond motifs is 1. The molecule has 34 heavy (non-hydrogen) atoms. The molecule has 0 bridgehead atoms. The fraction of sp³-hybridized carbons (Fsp3) is 0.182. The SMILES string of the molecule is CCNc1ncc2cc(-c3cn(Cc4ccc(-c5nnc(C(F)F)o5)cc4Cl)nn3)ccc2n1. The van der Waals surface area contributed by atoms with Gasteiger partial charge in [0.05, 0.1) is 18.3 Å². The summed E-state index contributed by atoms with van der Waals surface area (Å²) in [5, 5.41) is 19.8. The quantitative estimate of drug-likeness (QED) is 0.345. The Bertz CT molecular complexity index is 1470. The third-order valence-electron chi connectivity index (χ3n) is 5.01. The molecule has 0 saturated heterocycles. The fourth-order valence-electron chi connectivity index (χ4n) is 3.37. The Balaban J connectivity index is 1.34. The number of hydrogen-bond acceptors (Lipinski definition) is 8. The van der Waals surface area contributed by atoms with Gasteiger partial charge in [-0.15, -0.1) is 15.3 Å². The zero-order valence-corrected chi connectivity index (χ0v) is 18.5. The first kappa shape index (κ1) is 21.8. The summed E-state index contributed by atoms with van der Waals surface area (Å²) in [7, 11) is 0. The molecule has 0 aliphatic heterocycles. The van der Waals surface area contributed by atoms with E-state index in [1.54, 1.807) is 29.1 Å². The summed E-state index contributed by atoms with van der Waals surface area (Å²) in [5.74, 6) is -0.168. The largest absolute Gasteiger partial charge is 0.415 e. The predicted molar refractivity (Wildman–Crippen MR) is 122 cm³/mol. The van der Waals surface area contributed by atoms with Crippen molar-refractivity contribution >= 4 is 28.5 Å². The van der Waals surface area contributed by atoms with Gasteiger partial charge in [-0.25, -0.2) is 14.6 Å². The maximum absolute atomic E-state index is 12.7. The highest BCUT2D eigenvalue weighted by Crippen LogP contribution is 2.28. The van der Waals surface area contributed by atoms with E-state index in [1.807, 2.05) is 31.3 Å². The van der Waals surface area contributed by atoms with Gasteiger partial charge in [0.15, 0.2) is 0 Å². The lowest BCUT2D eigenvalue weighted by atomic mass is 10.1. The van der Waals surface area contributed by atoms with Gasteiger partial charge in [0.25, 0.3) is 5.89 Å². The number of rotatable bonds is 7. The highest BCUT2D eigenvalue weighted by atomic mass is 35.5. The van der Waals surface area contributed by atoms with Gasteiger partial charge < -0.3 is 9.73 Å². The van der Waals surface area contributed by atoms with Crippen molar-refractivity contribution in [1.29, 1.82) is 0 Å². The Morgan fingerprint density at radius 1 is 1.09 bits per heavy atom. The maximum Gasteiger partial charge on any atom is 0.314 e. The maximum atomic E-state index is 12.7. The number of nitrogens with one attached hydrogen (secondary N) is 1. The minimum Gasteiger partial charge on any atom is -0.415 e. The molecule has 3 aromatic heterocycles. The van der Waals surface area contributed by atoms with Crippen molar-refractivity contribution in [1.82, 2.24) is 35.2 Å². The Morgan fingerprint density at radius 3 is 2.71 bits per heavy atom. The van der Waals surface area contributed by atoms with Crippen molar-refractivity contribution < 1.29 is 13.2 Å². The molecule has 0 atom stereocenters. The third-order valence-corrected chi connectivity index (χ3v) is 5.36. The van der Waals surface area contributed by atoms with Crippen LogP contribution < -0.4 is 5.32 Å². The van der Waals surface area contributed by atoms with Crippen molar-refractivity contribution in [3.05, 3.63) is 65.3 Å². The first-order valence-electron chi connectivity index (χ1n) is 10.3. The summed E-state index contributed by atoms with van der Waals surface area (Å²) in [4.78, 5) is 8.79. The van der Waals surface area contributed by atoms with E-state index in [0.29, 0.717) is 28.8 Å². The van der Waals surface area contributed by atoms with Crippen molar-refractivity contribution in [3.63, 3.8) is 0 Å². The number of alkyl halides is 2. The second-order valence-corrected chi connectivity index (χ2v) is 7.76. The number of benzene rings is 2. The van der Waals surface area contributed by atoms with E-state index < -0.39 is 12.3 Å². The summed E-state index contributed by atoms with van der Waals surface area (Å²) in [6, 6.07) is 10.8. The van der Waals surface area contributed by atoms with Gasteiger partial charge in [0.2, 0.25) is 11.8 Å². The second-order valence-electron chi connectivity index (χ2n) is 7.35. The van der Waals surface area contributed by atoms with Crippen LogP contribution in [0.25, 0.3) is 33.6 Å². The molecule has 5 rings (SSSR count). The molecule has 3 heterocycles. The van der Waals surface area contributed by atoms with Gasteiger partial charge in [0, 0.05) is 34.3 Å². The molecule has 0 amide bonds. The summed E-state index contributed by atoms with van der Waals surface area (Å²) >= 11 is 6.40. The average Bonchev–Trinajstić information content (AvgIpc) is 3.51. The van der Waals surface area contributed by atoms with E-state index in [0.717, 1.165) is 28.6 Å². The zero-order chi connectivity index (χ0) is 23.7. The van der Waals surface area contributed by atoms with E-state index in [4.69, 9.17) is 16.0 Å². The number of aromatic nitrogens is 7. The van der Waals surface area contributed by atoms with Crippen LogP contribution in [0.5, 0.6) is 0 Å². The molecule has 0 fully saturated rings. The van der Waals surface area contributed by atoms with E-state index in [9.17, 15) is 8.78 Å². The van der Waals surface area contributed by atoms with Gasteiger partial charge in [-0.2, -0.15) is 8.78 Å². The molecular formula is C22H17ClF2N8O. The smallest absolute Gasteiger partial charge is 0.314 e. The highest BCUT2D eigenvalue weighted by Gasteiger charge is 2.18. The molecule has 9 nitrogen and oxygen atoms in total. The van der Waals surface area contributed by atoms with Gasteiger partial charge in [-0.05, 0) is 36.8 Å². The first-order chi connectivity index (χ1) is 16.5. The summed E-state index contributed by atoms with van der Waals surface area (Å²) < 4.78 is 32.0. The molecule has 0 radical (unpaired) electrons. The molecule has 1 N–H and O–H groups in total. The van der Waals surface area contributed by atoms with Crippen molar-refractivity contribution in [2.75, 3.05) is 11.9 Å². The molecule has 0 spiro atoms. The van der Waals surface area contributed by atoms with Gasteiger partial charge in [-0.1, -0.05) is 28.9 Å². The van der Waals surface area contributed by atoms with Crippen LogP contribution in [0.2, 0.25) is 5.02 Å². The van der Waals surface area contributed by atoms with Crippen LogP contribution in [0.1, 0.15) is 24.8 Å². The Morgan fingerprint density at radius 2 is 1.94 bits per heavy atom. The van der Waals surface area contributed by atoms with E-state index in [2.05, 4.69) is 35.8 Å². The number of hydrogen-bond donors (Lipinski definition) is 1. The van der Waals surface area contributed by atoms with Crippen molar-refractivity contribution in [2.24, 2.45) is 0 Å². The molecule has 2 aromatic carbocycles. The first-order valence-corrected chi connectivity index (χ1v) is 10.7. The normalized spacial score (nSPS) is 11.4. The molecule has 12 heteroatoms. The zero-order valence-electron chi connectivity index (χ0n) is 17.8. The van der Waals surface area contributed by atoms with Crippen LogP contribution in [0.4, 0.5) is 14.7 Å². The van der Waals surface area contributed by atoms with Crippen molar-refractivity contribution in [3.8, 4) is 22.7 Å². The summed E-state index contributed by atoms with van der Waals surface area (Å²) in [5.41, 5.74) is 3.61. The molecular weight excluding hydrogens is 466 g/mol. The van der Waals surface area contributed by atoms with E-state index >= 15 is 0 Å². The van der Waals surface area contributed by atoms with Crippen LogP contribution in [-0.4, -0.2) is 41.7 Å². The number of halogens is 3. The van der Waals surface area contributed by atoms with Crippen LogP contribution >= 0.6 is 11.6 Å².